The molecule has 1 aliphatic heterocycles. The van der Waals surface area contributed by atoms with Crippen LogP contribution in [0.1, 0.15) is 0 Å². The summed E-state index contributed by atoms with van der Waals surface area (Å²) in [5.41, 5.74) is 1.68. The Kier molecular flexibility index (Phi) is 6.33. The highest BCUT2D eigenvalue weighted by Gasteiger charge is 2.10. The van der Waals surface area contributed by atoms with Gasteiger partial charge in [0, 0.05) is 19.2 Å². The second kappa shape index (κ2) is 9.49. The van der Waals surface area contributed by atoms with Gasteiger partial charge in [0.15, 0.2) is 5.43 Å². The van der Waals surface area contributed by atoms with Gasteiger partial charge in [-0.05, 0) is 29.8 Å². The van der Waals surface area contributed by atoms with E-state index >= 15 is 0 Å². The van der Waals surface area contributed by atoms with Crippen molar-refractivity contribution in [3.8, 4) is 34.5 Å². The highest BCUT2D eigenvalue weighted by Crippen LogP contribution is 2.24. The lowest BCUT2D eigenvalue weighted by molar-refractivity contribution is 0.0443. The van der Waals surface area contributed by atoms with Gasteiger partial charge >= 0.3 is 0 Å². The summed E-state index contributed by atoms with van der Waals surface area (Å²) >= 11 is 0. The highest BCUT2D eigenvalue weighted by atomic mass is 16.5. The van der Waals surface area contributed by atoms with Crippen molar-refractivity contribution >= 4 is 11.0 Å². The van der Waals surface area contributed by atoms with E-state index in [4.69, 9.17) is 18.6 Å². The van der Waals surface area contributed by atoms with Crippen molar-refractivity contribution in [2.45, 2.75) is 0 Å². The zero-order valence-corrected chi connectivity index (χ0v) is 16.8. The maximum atomic E-state index is 12.9. The number of morpholine rings is 1. The van der Waals surface area contributed by atoms with E-state index in [0.717, 1.165) is 37.6 Å². The molecule has 30 heavy (non-hydrogen) atoms. The van der Waals surface area contributed by atoms with Crippen molar-refractivity contribution in [3.05, 3.63) is 59.0 Å². The highest BCUT2D eigenvalue weighted by molar-refractivity contribution is 5.82. The van der Waals surface area contributed by atoms with Crippen LogP contribution in [0.25, 0.3) is 22.1 Å². The summed E-state index contributed by atoms with van der Waals surface area (Å²) in [6.45, 7) is 4.36. The average molecular weight is 405 g/mol. The van der Waals surface area contributed by atoms with Crippen LogP contribution in [0.15, 0.2) is 57.9 Å². The van der Waals surface area contributed by atoms with Crippen molar-refractivity contribution in [3.63, 3.8) is 0 Å². The molecule has 3 aromatic rings. The Balaban J connectivity index is 1.43. The van der Waals surface area contributed by atoms with E-state index in [0.29, 0.717) is 28.8 Å². The number of fused-ring (bicyclic) bond motifs is 1. The number of ether oxygens (including phenoxy) is 3. The predicted octanol–water partition coefficient (Wildman–Crippen LogP) is 3.18. The molecule has 0 N–H and O–H groups in total. The largest absolute Gasteiger partial charge is 0.497 e. The standard InChI is InChI=1S/C24H23NO5/c1-27-19-6-4-18(5-7-19)22-17-30-23-16-20(8-9-21(23)24(22)26)29-13-3-2-10-25-11-14-28-15-12-25/h4-9,16-17H,10-15H2,1H3. The summed E-state index contributed by atoms with van der Waals surface area (Å²) in [6.07, 6.45) is 1.48. The zero-order chi connectivity index (χ0) is 20.8. The Labute approximate surface area is 175 Å². The van der Waals surface area contributed by atoms with E-state index in [9.17, 15) is 4.79 Å². The van der Waals surface area contributed by atoms with Gasteiger partial charge in [-0.2, -0.15) is 0 Å². The quantitative estimate of drug-likeness (QED) is 0.608. The Morgan fingerprint density at radius 3 is 2.57 bits per heavy atom. The van der Waals surface area contributed by atoms with Crippen LogP contribution in [0.2, 0.25) is 0 Å². The third kappa shape index (κ3) is 4.65. The molecule has 0 amide bonds. The van der Waals surface area contributed by atoms with Crippen molar-refractivity contribution < 1.29 is 18.6 Å². The molecule has 0 saturated carbocycles. The van der Waals surface area contributed by atoms with E-state index in [1.54, 1.807) is 25.3 Å². The number of hydrogen-bond acceptors (Lipinski definition) is 6. The van der Waals surface area contributed by atoms with Crippen LogP contribution in [0.4, 0.5) is 0 Å². The van der Waals surface area contributed by atoms with Gasteiger partial charge in [0.25, 0.3) is 0 Å². The van der Waals surface area contributed by atoms with Gasteiger partial charge in [0.2, 0.25) is 0 Å². The number of benzene rings is 2. The van der Waals surface area contributed by atoms with Gasteiger partial charge in [0.1, 0.15) is 30.0 Å². The molecule has 0 aliphatic carbocycles. The summed E-state index contributed by atoms with van der Waals surface area (Å²) in [4.78, 5) is 15.1. The van der Waals surface area contributed by atoms with Gasteiger partial charge in [-0.1, -0.05) is 24.0 Å². The lowest BCUT2D eigenvalue weighted by Crippen LogP contribution is -2.36. The third-order valence-corrected chi connectivity index (χ3v) is 4.99. The molecule has 154 valence electrons. The second-order valence-corrected chi connectivity index (χ2v) is 6.90. The number of nitrogens with zero attached hydrogens (tertiary/aromatic N) is 1. The predicted molar refractivity (Wildman–Crippen MR) is 115 cm³/mol. The van der Waals surface area contributed by atoms with E-state index < -0.39 is 0 Å². The Morgan fingerprint density at radius 1 is 1.03 bits per heavy atom. The van der Waals surface area contributed by atoms with Crippen molar-refractivity contribution in [2.24, 2.45) is 0 Å². The number of rotatable bonds is 5. The van der Waals surface area contributed by atoms with Crippen LogP contribution in [0, 0.1) is 11.8 Å². The van der Waals surface area contributed by atoms with Gasteiger partial charge in [-0.15, -0.1) is 0 Å². The van der Waals surface area contributed by atoms with E-state index in [-0.39, 0.29) is 12.0 Å². The summed E-state index contributed by atoms with van der Waals surface area (Å²) in [6, 6.07) is 12.5. The van der Waals surface area contributed by atoms with Gasteiger partial charge in [-0.3, -0.25) is 9.69 Å². The smallest absolute Gasteiger partial charge is 0.200 e. The summed E-state index contributed by atoms with van der Waals surface area (Å²) in [5, 5.41) is 0.508. The minimum absolute atomic E-state index is 0.0849. The van der Waals surface area contributed by atoms with Crippen molar-refractivity contribution in [1.82, 2.24) is 4.90 Å². The monoisotopic (exact) mass is 405 g/mol. The molecule has 0 spiro atoms. The zero-order valence-electron chi connectivity index (χ0n) is 16.8. The lowest BCUT2D eigenvalue weighted by Gasteiger charge is -2.24. The normalized spacial score (nSPS) is 14.2. The van der Waals surface area contributed by atoms with Gasteiger partial charge < -0.3 is 18.6 Å². The molecule has 4 rings (SSSR count). The summed E-state index contributed by atoms with van der Waals surface area (Å²) < 4.78 is 21.9. The fourth-order valence-corrected chi connectivity index (χ4v) is 3.27. The first kappa shape index (κ1) is 20.0. The molecule has 1 aliphatic rings. The van der Waals surface area contributed by atoms with Gasteiger partial charge in [0.05, 0.1) is 37.8 Å². The van der Waals surface area contributed by atoms with Crippen molar-refractivity contribution in [1.29, 1.82) is 0 Å². The first-order chi connectivity index (χ1) is 14.7. The summed E-state index contributed by atoms with van der Waals surface area (Å²) in [7, 11) is 1.61. The maximum absolute atomic E-state index is 12.9. The van der Waals surface area contributed by atoms with Crippen LogP contribution < -0.4 is 14.9 Å². The average Bonchev–Trinajstić information content (AvgIpc) is 2.80. The van der Waals surface area contributed by atoms with Crippen LogP contribution in [0.5, 0.6) is 11.5 Å². The fraction of sp³-hybridized carbons (Fsp3) is 0.292. The number of methoxy groups -OCH3 is 1. The number of hydrogen-bond donors (Lipinski definition) is 0. The minimum atomic E-state index is -0.0849. The molecule has 1 fully saturated rings. The first-order valence-electron chi connectivity index (χ1n) is 9.83. The Bertz CT molecular complexity index is 1120. The van der Waals surface area contributed by atoms with Crippen molar-refractivity contribution in [2.75, 3.05) is 46.6 Å². The molecular weight excluding hydrogens is 382 g/mol. The van der Waals surface area contributed by atoms with E-state index in [2.05, 4.69) is 16.7 Å². The summed E-state index contributed by atoms with van der Waals surface area (Å²) in [5.74, 6) is 7.49. The Morgan fingerprint density at radius 2 is 1.80 bits per heavy atom. The first-order valence-corrected chi connectivity index (χ1v) is 9.83. The molecule has 0 unspecified atom stereocenters. The fourth-order valence-electron chi connectivity index (χ4n) is 3.27. The van der Waals surface area contributed by atoms with Crippen LogP contribution in [-0.4, -0.2) is 51.5 Å². The minimum Gasteiger partial charge on any atom is -0.497 e. The van der Waals surface area contributed by atoms with Gasteiger partial charge in [-0.25, -0.2) is 0 Å². The maximum Gasteiger partial charge on any atom is 0.200 e. The molecular formula is C24H23NO5. The lowest BCUT2D eigenvalue weighted by atomic mass is 10.1. The molecule has 0 radical (unpaired) electrons. The molecule has 0 bridgehead atoms. The second-order valence-electron chi connectivity index (χ2n) is 6.90. The molecule has 1 saturated heterocycles. The molecule has 0 atom stereocenters. The molecule has 1 aromatic heterocycles. The third-order valence-electron chi connectivity index (χ3n) is 4.99. The van der Waals surface area contributed by atoms with E-state index in [1.165, 1.54) is 6.26 Å². The van der Waals surface area contributed by atoms with Crippen LogP contribution in [-0.2, 0) is 4.74 Å². The van der Waals surface area contributed by atoms with E-state index in [1.807, 2.05) is 24.3 Å². The molecule has 6 heteroatoms. The SMILES string of the molecule is COc1ccc(-c2coc3cc(OCC#CCN4CCOCC4)ccc3c2=O)cc1. The molecule has 2 aromatic carbocycles. The molecule has 2 heterocycles. The topological polar surface area (TPSA) is 61.1 Å². The van der Waals surface area contributed by atoms with Crippen LogP contribution >= 0.6 is 0 Å². The Hall–Kier alpha value is -3.27. The van der Waals surface area contributed by atoms with Crippen LogP contribution in [0.3, 0.4) is 0 Å². The molecule has 6 nitrogen and oxygen atoms in total.